The van der Waals surface area contributed by atoms with Crippen molar-refractivity contribution in [2.24, 2.45) is 11.3 Å². The first-order valence-electron chi connectivity index (χ1n) is 14.4. The van der Waals surface area contributed by atoms with Crippen LogP contribution in [-0.2, 0) is 21.2 Å². The summed E-state index contributed by atoms with van der Waals surface area (Å²) in [6.45, 7) is 2.82. The second-order valence-electron chi connectivity index (χ2n) is 11.9. The summed E-state index contributed by atoms with van der Waals surface area (Å²) < 4.78 is 64.7. The summed E-state index contributed by atoms with van der Waals surface area (Å²) in [5.41, 5.74) is 4.27. The SMILES string of the molecule is O=S(=O)(c1ccc(N2CC[C@@H](F)C2)cc1)N1CCC2=Cc3c(cnn3-c3ccc(F)cc3)C[C@]2(COCC2CC2)C1. The monoisotopic (exact) mass is 580 g/mol. The summed E-state index contributed by atoms with van der Waals surface area (Å²) in [6, 6.07) is 13.1. The van der Waals surface area contributed by atoms with Gasteiger partial charge in [0.1, 0.15) is 12.0 Å². The summed E-state index contributed by atoms with van der Waals surface area (Å²) in [6.07, 6.45) is 7.21. The predicted octanol–water partition coefficient (Wildman–Crippen LogP) is 5.01. The minimum atomic E-state index is -3.75. The van der Waals surface area contributed by atoms with Crippen LogP contribution in [0.4, 0.5) is 14.5 Å². The third-order valence-electron chi connectivity index (χ3n) is 8.99. The standard InChI is InChI=1S/C31H34F2N4O3S/c32-25-3-5-28(6-4-25)37-30-15-24-11-14-36(20-31(24,16-23(30)17-34-37)21-40-19-22-1-2-22)41(38,39)29-9-7-27(8-10-29)35-13-12-26(33)18-35/h3-10,15,17,22,26H,1-2,11-14,16,18-21H2/t26-,31-/m1/s1. The number of hydrogen-bond acceptors (Lipinski definition) is 5. The first-order valence-corrected chi connectivity index (χ1v) is 15.9. The van der Waals surface area contributed by atoms with Crippen LogP contribution in [0.3, 0.4) is 0 Å². The lowest BCUT2D eigenvalue weighted by Gasteiger charge is -2.46. The largest absolute Gasteiger partial charge is 0.380 e. The van der Waals surface area contributed by atoms with E-state index < -0.39 is 21.6 Å². The van der Waals surface area contributed by atoms with Crippen molar-refractivity contribution in [1.29, 1.82) is 0 Å². The van der Waals surface area contributed by atoms with Crippen LogP contribution in [0.25, 0.3) is 11.8 Å². The molecule has 0 N–H and O–H groups in total. The fraction of sp³-hybridized carbons (Fsp3) is 0.452. The average molecular weight is 581 g/mol. The Balaban J connectivity index is 1.17. The van der Waals surface area contributed by atoms with Crippen molar-refractivity contribution >= 4 is 21.8 Å². The molecule has 3 fully saturated rings. The molecule has 1 saturated carbocycles. The van der Waals surface area contributed by atoms with Gasteiger partial charge in [-0.2, -0.15) is 9.40 Å². The molecule has 0 bridgehead atoms. The van der Waals surface area contributed by atoms with Gasteiger partial charge in [0.15, 0.2) is 0 Å². The van der Waals surface area contributed by atoms with E-state index in [4.69, 9.17) is 4.74 Å². The van der Waals surface area contributed by atoms with Crippen molar-refractivity contribution < 1.29 is 21.9 Å². The van der Waals surface area contributed by atoms with E-state index in [1.165, 1.54) is 30.5 Å². The van der Waals surface area contributed by atoms with Crippen LogP contribution in [0, 0.1) is 17.2 Å². The third kappa shape index (κ3) is 5.10. The number of anilines is 1. The highest BCUT2D eigenvalue weighted by Crippen LogP contribution is 2.46. The van der Waals surface area contributed by atoms with Gasteiger partial charge in [-0.15, -0.1) is 0 Å². The normalized spacial score (nSPS) is 24.7. The van der Waals surface area contributed by atoms with Crippen LogP contribution >= 0.6 is 0 Å². The topological polar surface area (TPSA) is 67.7 Å². The van der Waals surface area contributed by atoms with E-state index >= 15 is 0 Å². The minimum Gasteiger partial charge on any atom is -0.380 e. The van der Waals surface area contributed by atoms with E-state index in [2.05, 4.69) is 11.2 Å². The number of alkyl halides is 1. The first kappa shape index (κ1) is 26.8. The Bertz CT molecular complexity index is 1570. The second-order valence-corrected chi connectivity index (χ2v) is 13.9. The van der Waals surface area contributed by atoms with Crippen LogP contribution in [0.5, 0.6) is 0 Å². The van der Waals surface area contributed by atoms with Crippen molar-refractivity contribution in [2.45, 2.75) is 43.2 Å². The number of fused-ring (bicyclic) bond motifs is 2. The summed E-state index contributed by atoms with van der Waals surface area (Å²) in [5.74, 6) is 0.303. The zero-order valence-corrected chi connectivity index (χ0v) is 23.7. The maximum atomic E-state index is 13.9. The molecule has 0 radical (unpaired) electrons. The number of piperidine rings is 1. The summed E-state index contributed by atoms with van der Waals surface area (Å²) in [7, 11) is -3.75. The smallest absolute Gasteiger partial charge is 0.243 e. The van der Waals surface area contributed by atoms with Gasteiger partial charge >= 0.3 is 0 Å². The second kappa shape index (κ2) is 10.3. The lowest BCUT2D eigenvalue weighted by Crippen LogP contribution is -2.51. The van der Waals surface area contributed by atoms with Crippen LogP contribution in [0.1, 0.15) is 36.9 Å². The minimum absolute atomic E-state index is 0.249. The molecule has 3 heterocycles. The number of benzene rings is 2. The van der Waals surface area contributed by atoms with Crippen molar-refractivity contribution in [3.8, 4) is 5.69 Å². The summed E-state index contributed by atoms with van der Waals surface area (Å²) in [4.78, 5) is 2.20. The van der Waals surface area contributed by atoms with Crippen molar-refractivity contribution in [3.63, 3.8) is 0 Å². The lowest BCUT2D eigenvalue weighted by molar-refractivity contribution is 0.0358. The van der Waals surface area contributed by atoms with E-state index in [0.717, 1.165) is 22.6 Å². The predicted molar refractivity (Wildman–Crippen MR) is 153 cm³/mol. The number of ether oxygens (including phenoxy) is 1. The molecule has 7 rings (SSSR count). The van der Waals surface area contributed by atoms with E-state index in [9.17, 15) is 17.2 Å². The van der Waals surface area contributed by atoms with E-state index in [0.29, 0.717) is 64.6 Å². The molecule has 2 saturated heterocycles. The van der Waals surface area contributed by atoms with Crippen molar-refractivity contribution in [2.75, 3.05) is 44.3 Å². The van der Waals surface area contributed by atoms with Gasteiger partial charge in [-0.05, 0) is 98.2 Å². The van der Waals surface area contributed by atoms with Crippen LogP contribution in [0.15, 0.2) is 65.2 Å². The summed E-state index contributed by atoms with van der Waals surface area (Å²) >= 11 is 0. The highest BCUT2D eigenvalue weighted by molar-refractivity contribution is 7.89. The Morgan fingerprint density at radius 3 is 2.46 bits per heavy atom. The summed E-state index contributed by atoms with van der Waals surface area (Å²) in [5, 5.41) is 4.62. The quantitative estimate of drug-likeness (QED) is 0.375. The van der Waals surface area contributed by atoms with Gasteiger partial charge in [0.25, 0.3) is 0 Å². The molecule has 2 aromatic carbocycles. The fourth-order valence-electron chi connectivity index (χ4n) is 6.45. The number of halogens is 2. The van der Waals surface area contributed by atoms with Crippen LogP contribution in [0.2, 0.25) is 0 Å². The highest BCUT2D eigenvalue weighted by atomic mass is 32.2. The zero-order valence-electron chi connectivity index (χ0n) is 22.9. The van der Waals surface area contributed by atoms with E-state index in [1.807, 2.05) is 15.8 Å². The number of nitrogens with zero attached hydrogens (tertiary/aromatic N) is 4. The van der Waals surface area contributed by atoms with Crippen LogP contribution < -0.4 is 4.90 Å². The average Bonchev–Trinajstić information content (AvgIpc) is 3.56. The highest BCUT2D eigenvalue weighted by Gasteiger charge is 2.46. The van der Waals surface area contributed by atoms with Gasteiger partial charge < -0.3 is 9.64 Å². The Kier molecular flexibility index (Phi) is 6.75. The molecular weight excluding hydrogens is 546 g/mol. The lowest BCUT2D eigenvalue weighted by atomic mass is 9.69. The maximum Gasteiger partial charge on any atom is 0.243 e. The molecule has 216 valence electrons. The molecule has 4 aliphatic rings. The molecule has 0 spiro atoms. The maximum absolute atomic E-state index is 13.9. The molecule has 10 heteroatoms. The van der Waals surface area contributed by atoms with Gasteiger partial charge in [0.2, 0.25) is 10.0 Å². The Morgan fingerprint density at radius 1 is 1.00 bits per heavy atom. The number of sulfonamides is 1. The molecule has 2 atom stereocenters. The number of aromatic nitrogens is 2. The van der Waals surface area contributed by atoms with Crippen LogP contribution in [-0.4, -0.2) is 68.1 Å². The van der Waals surface area contributed by atoms with Gasteiger partial charge in [0, 0.05) is 43.9 Å². The number of rotatable bonds is 8. The van der Waals surface area contributed by atoms with Gasteiger partial charge in [-0.3, -0.25) is 0 Å². The van der Waals surface area contributed by atoms with E-state index in [-0.39, 0.29) is 10.7 Å². The van der Waals surface area contributed by atoms with E-state index in [1.54, 1.807) is 40.7 Å². The molecule has 3 aromatic rings. The zero-order chi connectivity index (χ0) is 28.2. The molecule has 2 aliphatic carbocycles. The van der Waals surface area contributed by atoms with Gasteiger partial charge in [-0.25, -0.2) is 21.9 Å². The Morgan fingerprint density at radius 2 is 1.76 bits per heavy atom. The molecular formula is C31H34F2N4O3S. The molecule has 0 amide bonds. The first-order chi connectivity index (χ1) is 19.8. The Hall–Kier alpha value is -3.08. The number of hydrogen-bond donors (Lipinski definition) is 0. The Labute approximate surface area is 239 Å². The fourth-order valence-corrected chi connectivity index (χ4v) is 7.98. The molecule has 0 unspecified atom stereocenters. The molecule has 1 aromatic heterocycles. The van der Waals surface area contributed by atoms with Gasteiger partial charge in [-0.1, -0.05) is 5.57 Å². The van der Waals surface area contributed by atoms with Crippen molar-refractivity contribution in [1.82, 2.24) is 14.1 Å². The van der Waals surface area contributed by atoms with Crippen molar-refractivity contribution in [3.05, 3.63) is 77.4 Å². The van der Waals surface area contributed by atoms with Gasteiger partial charge in [0.05, 0.1) is 29.1 Å². The molecule has 2 aliphatic heterocycles. The molecule has 7 nitrogen and oxygen atoms in total. The third-order valence-corrected chi connectivity index (χ3v) is 10.8. The molecule has 41 heavy (non-hydrogen) atoms.